The minimum absolute atomic E-state index is 0.00960. The maximum atomic E-state index is 12.9. The van der Waals surface area contributed by atoms with Crippen molar-refractivity contribution in [3.05, 3.63) is 48.3 Å². The summed E-state index contributed by atoms with van der Waals surface area (Å²) in [6.45, 7) is 1.12. The fourth-order valence-electron chi connectivity index (χ4n) is 2.62. The van der Waals surface area contributed by atoms with E-state index in [1.807, 2.05) is 0 Å². The number of amides is 4. The SMILES string of the molecule is C[C@H](NC(=O)NS(=O)(=O)c1ccc(F)cc1)C(=O)NCCC(=O)NC(Cc1cnc[nH]1)C(=O)O. The van der Waals surface area contributed by atoms with Crippen molar-refractivity contribution < 1.29 is 37.1 Å². The first kappa shape index (κ1) is 26.2. The molecule has 34 heavy (non-hydrogen) atoms. The van der Waals surface area contributed by atoms with Gasteiger partial charge in [-0.05, 0) is 31.2 Å². The summed E-state index contributed by atoms with van der Waals surface area (Å²) in [5.41, 5.74) is 0.514. The molecule has 6 N–H and O–H groups in total. The zero-order valence-corrected chi connectivity index (χ0v) is 18.7. The molecule has 0 aliphatic heterocycles. The van der Waals surface area contributed by atoms with Crippen molar-refractivity contribution in [2.24, 2.45) is 0 Å². The zero-order chi connectivity index (χ0) is 25.3. The maximum Gasteiger partial charge on any atom is 0.329 e. The van der Waals surface area contributed by atoms with Crippen LogP contribution in [0.15, 0.2) is 41.7 Å². The van der Waals surface area contributed by atoms with Crippen LogP contribution in [0, 0.1) is 5.82 Å². The van der Waals surface area contributed by atoms with Gasteiger partial charge in [-0.2, -0.15) is 0 Å². The van der Waals surface area contributed by atoms with E-state index < -0.39 is 51.7 Å². The second-order valence-corrected chi connectivity index (χ2v) is 8.72. The summed E-state index contributed by atoms with van der Waals surface area (Å²) in [4.78, 5) is 53.5. The van der Waals surface area contributed by atoms with Crippen LogP contribution >= 0.6 is 0 Å². The number of H-pyrrole nitrogens is 1. The van der Waals surface area contributed by atoms with Gasteiger partial charge in [0, 0.05) is 31.3 Å². The molecule has 2 aromatic rings. The molecule has 2 rings (SSSR count). The van der Waals surface area contributed by atoms with E-state index >= 15 is 0 Å². The van der Waals surface area contributed by atoms with E-state index in [0.29, 0.717) is 5.69 Å². The molecule has 2 atom stereocenters. The minimum Gasteiger partial charge on any atom is -0.480 e. The smallest absolute Gasteiger partial charge is 0.329 e. The fourth-order valence-corrected chi connectivity index (χ4v) is 3.54. The molecule has 0 aliphatic rings. The molecule has 13 nitrogen and oxygen atoms in total. The number of hydrogen-bond acceptors (Lipinski definition) is 7. The van der Waals surface area contributed by atoms with E-state index in [2.05, 4.69) is 25.9 Å². The Balaban J connectivity index is 1.76. The van der Waals surface area contributed by atoms with Gasteiger partial charge in [-0.25, -0.2) is 32.1 Å². The van der Waals surface area contributed by atoms with Gasteiger partial charge in [0.05, 0.1) is 11.2 Å². The number of halogens is 1. The quantitative estimate of drug-likeness (QED) is 0.232. The van der Waals surface area contributed by atoms with E-state index in [0.717, 1.165) is 24.3 Å². The van der Waals surface area contributed by atoms with E-state index in [1.54, 1.807) is 4.72 Å². The summed E-state index contributed by atoms with van der Waals surface area (Å²) in [5.74, 6) is -3.24. The molecule has 15 heteroatoms. The van der Waals surface area contributed by atoms with E-state index in [9.17, 15) is 37.1 Å². The van der Waals surface area contributed by atoms with Gasteiger partial charge in [0.25, 0.3) is 10.0 Å². The van der Waals surface area contributed by atoms with Crippen LogP contribution < -0.4 is 20.7 Å². The van der Waals surface area contributed by atoms with Crippen LogP contribution in [0.5, 0.6) is 0 Å². The van der Waals surface area contributed by atoms with E-state index in [4.69, 9.17) is 0 Å². The highest BCUT2D eigenvalue weighted by atomic mass is 32.2. The lowest BCUT2D eigenvalue weighted by Crippen LogP contribution is -2.50. The van der Waals surface area contributed by atoms with Gasteiger partial charge >= 0.3 is 12.0 Å². The van der Waals surface area contributed by atoms with Crippen LogP contribution in [0.25, 0.3) is 0 Å². The van der Waals surface area contributed by atoms with Gasteiger partial charge in [0.2, 0.25) is 11.8 Å². The number of carbonyl (C=O) groups is 4. The molecule has 0 aliphatic carbocycles. The molecule has 1 aromatic carbocycles. The molecule has 4 amide bonds. The molecule has 0 radical (unpaired) electrons. The molecule has 184 valence electrons. The number of imidazole rings is 1. The summed E-state index contributed by atoms with van der Waals surface area (Å²) in [7, 11) is -4.28. The fraction of sp³-hybridized carbons (Fsp3) is 0.316. The van der Waals surface area contributed by atoms with Crippen molar-refractivity contribution in [2.45, 2.75) is 36.7 Å². The number of rotatable bonds is 11. The predicted octanol–water partition coefficient (Wildman–Crippen LogP) is -0.756. The first-order valence-electron chi connectivity index (χ1n) is 9.84. The molecule has 0 spiro atoms. The topological polar surface area (TPSA) is 199 Å². The molecule has 0 saturated heterocycles. The zero-order valence-electron chi connectivity index (χ0n) is 17.9. The lowest BCUT2D eigenvalue weighted by atomic mass is 10.1. The molecule has 1 aromatic heterocycles. The molecule has 1 unspecified atom stereocenters. The van der Waals surface area contributed by atoms with Crippen molar-refractivity contribution in [3.8, 4) is 0 Å². The lowest BCUT2D eigenvalue weighted by Gasteiger charge is -2.16. The molecule has 0 fully saturated rings. The lowest BCUT2D eigenvalue weighted by molar-refractivity contribution is -0.141. The first-order valence-corrected chi connectivity index (χ1v) is 11.3. The number of hydrogen-bond donors (Lipinski definition) is 6. The average molecular weight is 498 g/mol. The number of carboxylic acids is 1. The largest absolute Gasteiger partial charge is 0.480 e. The van der Waals surface area contributed by atoms with Crippen LogP contribution in [0.1, 0.15) is 19.0 Å². The number of carbonyl (C=O) groups excluding carboxylic acids is 3. The van der Waals surface area contributed by atoms with Gasteiger partial charge < -0.3 is 26.0 Å². The molecule has 0 bridgehead atoms. The van der Waals surface area contributed by atoms with Gasteiger partial charge in [-0.1, -0.05) is 0 Å². The van der Waals surface area contributed by atoms with Gasteiger partial charge in [0.15, 0.2) is 0 Å². The third-order valence-electron chi connectivity index (χ3n) is 4.36. The number of aromatic amines is 1. The van der Waals surface area contributed by atoms with Crippen LogP contribution in [-0.2, 0) is 30.8 Å². The Labute approximate surface area is 193 Å². The van der Waals surface area contributed by atoms with Crippen molar-refractivity contribution in [3.63, 3.8) is 0 Å². The Kier molecular flexibility index (Phi) is 9.06. The summed E-state index contributed by atoms with van der Waals surface area (Å²) < 4.78 is 38.8. The molecule has 0 saturated carbocycles. The van der Waals surface area contributed by atoms with Crippen molar-refractivity contribution in [1.82, 2.24) is 30.6 Å². The molecule has 1 heterocycles. The Bertz CT molecular complexity index is 1120. The Morgan fingerprint density at radius 3 is 2.41 bits per heavy atom. The normalized spacial score (nSPS) is 12.8. The van der Waals surface area contributed by atoms with Crippen molar-refractivity contribution in [2.75, 3.05) is 6.54 Å². The van der Waals surface area contributed by atoms with Gasteiger partial charge in [-0.15, -0.1) is 0 Å². The summed E-state index contributed by atoms with van der Waals surface area (Å²) in [6, 6.07) is 0.206. The summed E-state index contributed by atoms with van der Waals surface area (Å²) >= 11 is 0. The van der Waals surface area contributed by atoms with Crippen molar-refractivity contribution in [1.29, 1.82) is 0 Å². The van der Waals surface area contributed by atoms with Crippen LogP contribution in [0.4, 0.5) is 9.18 Å². The Morgan fingerprint density at radius 1 is 1.15 bits per heavy atom. The number of sulfonamides is 1. The highest BCUT2D eigenvalue weighted by Crippen LogP contribution is 2.09. The third kappa shape index (κ3) is 8.16. The van der Waals surface area contributed by atoms with Gasteiger partial charge in [-0.3, -0.25) is 9.59 Å². The summed E-state index contributed by atoms with van der Waals surface area (Å²) in [5, 5.41) is 16.1. The second kappa shape index (κ2) is 11.7. The third-order valence-corrected chi connectivity index (χ3v) is 5.70. The number of carboxylic acid groups (broad SMARTS) is 1. The van der Waals surface area contributed by atoms with Crippen LogP contribution in [-0.4, -0.2) is 65.9 Å². The average Bonchev–Trinajstić information content (AvgIpc) is 3.26. The Hall–Kier alpha value is -4.01. The maximum absolute atomic E-state index is 12.9. The number of aliphatic carboxylic acids is 1. The number of urea groups is 1. The monoisotopic (exact) mass is 498 g/mol. The van der Waals surface area contributed by atoms with E-state index in [-0.39, 0.29) is 24.3 Å². The number of aromatic nitrogens is 2. The first-order chi connectivity index (χ1) is 16.0. The second-order valence-electron chi connectivity index (χ2n) is 7.03. The van der Waals surface area contributed by atoms with Gasteiger partial charge in [0.1, 0.15) is 17.9 Å². The summed E-state index contributed by atoms with van der Waals surface area (Å²) in [6.07, 6.45) is 2.55. The highest BCUT2D eigenvalue weighted by molar-refractivity contribution is 7.90. The number of benzene rings is 1. The standard InChI is InChI=1S/C19H23FN6O7S/c1-11(24-19(31)26-34(32,33)14-4-2-12(20)3-5-14)17(28)22-7-6-16(27)25-15(18(29)30)8-13-9-21-10-23-13/h2-5,9-11,15H,6-8H2,1H3,(H,21,23)(H,22,28)(H,25,27)(H,29,30)(H2,24,26,31)/t11-,15?/m0/s1. The van der Waals surface area contributed by atoms with Crippen LogP contribution in [0.3, 0.4) is 0 Å². The number of nitrogens with zero attached hydrogens (tertiary/aromatic N) is 1. The molecular weight excluding hydrogens is 475 g/mol. The minimum atomic E-state index is -4.28. The predicted molar refractivity (Wildman–Crippen MR) is 114 cm³/mol. The van der Waals surface area contributed by atoms with Crippen molar-refractivity contribution >= 4 is 33.8 Å². The molecular formula is C19H23FN6O7S. The number of nitrogens with one attached hydrogen (secondary N) is 5. The Morgan fingerprint density at radius 2 is 1.82 bits per heavy atom. The van der Waals surface area contributed by atoms with E-state index in [1.165, 1.54) is 19.4 Å². The highest BCUT2D eigenvalue weighted by Gasteiger charge is 2.23. The van der Waals surface area contributed by atoms with Crippen LogP contribution in [0.2, 0.25) is 0 Å².